The standard InChI is InChI=1S/C14H15N3O2/c15-9-10-1-3-11(4-2-10)16-14(19)17-12-5-7-13(18)8-6-12/h1-4,12H,5-8H2,(H2,16,17,19). The number of benzene rings is 1. The summed E-state index contributed by atoms with van der Waals surface area (Å²) in [7, 11) is 0. The molecule has 1 fully saturated rings. The molecule has 0 unspecified atom stereocenters. The third-order valence-corrected chi connectivity index (χ3v) is 3.15. The zero-order chi connectivity index (χ0) is 13.7. The highest BCUT2D eigenvalue weighted by Crippen LogP contribution is 2.15. The molecule has 2 rings (SSSR count). The molecule has 1 aliphatic rings. The van der Waals surface area contributed by atoms with Gasteiger partial charge in [0.05, 0.1) is 11.6 Å². The topological polar surface area (TPSA) is 82.0 Å². The second-order valence-corrected chi connectivity index (χ2v) is 4.60. The highest BCUT2D eigenvalue weighted by molar-refractivity contribution is 5.89. The Bertz CT molecular complexity index is 506. The van der Waals surface area contributed by atoms with Gasteiger partial charge in [0.25, 0.3) is 0 Å². The average Bonchev–Trinajstić information content (AvgIpc) is 2.42. The first-order valence-corrected chi connectivity index (χ1v) is 6.27. The molecule has 1 aromatic carbocycles. The van der Waals surface area contributed by atoms with Gasteiger partial charge in [0.15, 0.2) is 0 Å². The number of amides is 2. The molecule has 19 heavy (non-hydrogen) atoms. The maximum atomic E-state index is 11.7. The fourth-order valence-corrected chi connectivity index (χ4v) is 2.06. The lowest BCUT2D eigenvalue weighted by atomic mass is 9.94. The number of nitrogens with one attached hydrogen (secondary N) is 2. The highest BCUT2D eigenvalue weighted by atomic mass is 16.2. The Hall–Kier alpha value is -2.35. The molecule has 0 heterocycles. The van der Waals surface area contributed by atoms with Crippen LogP contribution in [-0.4, -0.2) is 17.9 Å². The summed E-state index contributed by atoms with van der Waals surface area (Å²) in [5, 5.41) is 14.2. The predicted molar refractivity (Wildman–Crippen MR) is 70.6 cm³/mol. The molecule has 0 atom stereocenters. The number of carbonyl (C=O) groups excluding carboxylic acids is 2. The molecule has 0 aromatic heterocycles. The summed E-state index contributed by atoms with van der Waals surface area (Å²) < 4.78 is 0. The van der Waals surface area contributed by atoms with Gasteiger partial charge in [-0.15, -0.1) is 0 Å². The maximum absolute atomic E-state index is 11.7. The van der Waals surface area contributed by atoms with Gasteiger partial charge in [-0.25, -0.2) is 4.79 Å². The lowest BCUT2D eigenvalue weighted by molar-refractivity contribution is -0.120. The summed E-state index contributed by atoms with van der Waals surface area (Å²) in [4.78, 5) is 22.8. The quantitative estimate of drug-likeness (QED) is 0.852. The van der Waals surface area contributed by atoms with Crippen LogP contribution in [0.3, 0.4) is 0 Å². The van der Waals surface area contributed by atoms with E-state index in [1.165, 1.54) is 0 Å². The summed E-state index contributed by atoms with van der Waals surface area (Å²) in [6.07, 6.45) is 2.50. The van der Waals surface area contributed by atoms with Gasteiger partial charge < -0.3 is 10.6 Å². The molecule has 2 amide bonds. The zero-order valence-corrected chi connectivity index (χ0v) is 10.5. The summed E-state index contributed by atoms with van der Waals surface area (Å²) in [6, 6.07) is 8.47. The lowest BCUT2D eigenvalue weighted by Crippen LogP contribution is -2.40. The van der Waals surface area contributed by atoms with Gasteiger partial charge in [0.1, 0.15) is 5.78 Å². The van der Waals surface area contributed by atoms with Crippen molar-refractivity contribution in [2.75, 3.05) is 5.32 Å². The molecular formula is C14H15N3O2. The summed E-state index contributed by atoms with van der Waals surface area (Å²) >= 11 is 0. The Kier molecular flexibility index (Phi) is 4.14. The van der Waals surface area contributed by atoms with E-state index in [-0.39, 0.29) is 17.9 Å². The van der Waals surface area contributed by atoms with Crippen LogP contribution in [0.15, 0.2) is 24.3 Å². The van der Waals surface area contributed by atoms with Gasteiger partial charge in [0, 0.05) is 24.6 Å². The number of ketones is 1. The number of Topliss-reactive ketones (excluding diaryl/α,β-unsaturated/α-hetero) is 1. The van der Waals surface area contributed by atoms with E-state index >= 15 is 0 Å². The van der Waals surface area contributed by atoms with Crippen LogP contribution in [0.4, 0.5) is 10.5 Å². The smallest absolute Gasteiger partial charge is 0.319 e. The molecule has 5 nitrogen and oxygen atoms in total. The van der Waals surface area contributed by atoms with Crippen molar-refractivity contribution in [3.05, 3.63) is 29.8 Å². The number of hydrogen-bond donors (Lipinski definition) is 2. The first-order chi connectivity index (χ1) is 9.17. The van der Waals surface area contributed by atoms with Gasteiger partial charge in [-0.05, 0) is 37.1 Å². The monoisotopic (exact) mass is 257 g/mol. The molecule has 5 heteroatoms. The minimum absolute atomic E-state index is 0.0658. The summed E-state index contributed by atoms with van der Waals surface area (Å²) in [6.45, 7) is 0. The van der Waals surface area contributed by atoms with E-state index in [2.05, 4.69) is 10.6 Å². The Morgan fingerprint density at radius 1 is 1.21 bits per heavy atom. The van der Waals surface area contributed by atoms with Gasteiger partial charge in [-0.1, -0.05) is 0 Å². The van der Waals surface area contributed by atoms with Crippen LogP contribution in [0.2, 0.25) is 0 Å². The number of hydrogen-bond acceptors (Lipinski definition) is 3. The van der Waals surface area contributed by atoms with Gasteiger partial charge in [-0.2, -0.15) is 5.26 Å². The van der Waals surface area contributed by atoms with Crippen molar-refractivity contribution in [2.24, 2.45) is 0 Å². The minimum Gasteiger partial charge on any atom is -0.335 e. The molecule has 1 saturated carbocycles. The molecule has 0 saturated heterocycles. The number of urea groups is 1. The van der Waals surface area contributed by atoms with Crippen LogP contribution in [0, 0.1) is 11.3 Å². The van der Waals surface area contributed by atoms with Crippen LogP contribution in [0.1, 0.15) is 31.2 Å². The number of carbonyl (C=O) groups is 2. The van der Waals surface area contributed by atoms with E-state index in [0.717, 1.165) is 0 Å². The second-order valence-electron chi connectivity index (χ2n) is 4.60. The van der Waals surface area contributed by atoms with Crippen LogP contribution in [0.5, 0.6) is 0 Å². The van der Waals surface area contributed by atoms with E-state index in [0.29, 0.717) is 36.9 Å². The van der Waals surface area contributed by atoms with Crippen LogP contribution < -0.4 is 10.6 Å². The Morgan fingerprint density at radius 3 is 2.42 bits per heavy atom. The van der Waals surface area contributed by atoms with Crippen molar-refractivity contribution >= 4 is 17.5 Å². The Labute approximate surface area is 111 Å². The molecule has 0 spiro atoms. The minimum atomic E-state index is -0.274. The van der Waals surface area contributed by atoms with Crippen LogP contribution >= 0.6 is 0 Å². The predicted octanol–water partition coefficient (Wildman–Crippen LogP) is 2.19. The average molecular weight is 257 g/mol. The fourth-order valence-electron chi connectivity index (χ4n) is 2.06. The van der Waals surface area contributed by atoms with E-state index in [1.807, 2.05) is 6.07 Å². The number of nitrogens with zero attached hydrogens (tertiary/aromatic N) is 1. The van der Waals surface area contributed by atoms with E-state index in [9.17, 15) is 9.59 Å². The normalized spacial score (nSPS) is 15.6. The number of anilines is 1. The molecule has 1 aliphatic carbocycles. The fraction of sp³-hybridized carbons (Fsp3) is 0.357. The lowest BCUT2D eigenvalue weighted by Gasteiger charge is -2.22. The third-order valence-electron chi connectivity index (χ3n) is 3.15. The van der Waals surface area contributed by atoms with Crippen molar-refractivity contribution in [3.8, 4) is 6.07 Å². The van der Waals surface area contributed by atoms with Crippen LogP contribution in [-0.2, 0) is 4.79 Å². The second kappa shape index (κ2) is 6.01. The SMILES string of the molecule is N#Cc1ccc(NC(=O)NC2CCC(=O)CC2)cc1. The first kappa shape index (κ1) is 13.1. The van der Waals surface area contributed by atoms with Crippen molar-refractivity contribution < 1.29 is 9.59 Å². The Morgan fingerprint density at radius 2 is 1.84 bits per heavy atom. The maximum Gasteiger partial charge on any atom is 0.319 e. The summed E-state index contributed by atoms with van der Waals surface area (Å²) in [5.74, 6) is 0.269. The van der Waals surface area contributed by atoms with Gasteiger partial charge in [-0.3, -0.25) is 4.79 Å². The van der Waals surface area contributed by atoms with Crippen LogP contribution in [0.25, 0.3) is 0 Å². The number of nitriles is 1. The van der Waals surface area contributed by atoms with E-state index < -0.39 is 0 Å². The molecule has 98 valence electrons. The largest absolute Gasteiger partial charge is 0.335 e. The zero-order valence-electron chi connectivity index (χ0n) is 10.5. The van der Waals surface area contributed by atoms with Crippen molar-refractivity contribution in [1.82, 2.24) is 5.32 Å². The van der Waals surface area contributed by atoms with E-state index in [4.69, 9.17) is 5.26 Å². The third kappa shape index (κ3) is 3.81. The van der Waals surface area contributed by atoms with Crippen molar-refractivity contribution in [1.29, 1.82) is 5.26 Å². The molecule has 2 N–H and O–H groups in total. The van der Waals surface area contributed by atoms with Gasteiger partial charge in [0.2, 0.25) is 0 Å². The van der Waals surface area contributed by atoms with Crippen molar-refractivity contribution in [3.63, 3.8) is 0 Å². The molecule has 1 aromatic rings. The molecule has 0 radical (unpaired) electrons. The molecular weight excluding hydrogens is 242 g/mol. The van der Waals surface area contributed by atoms with E-state index in [1.54, 1.807) is 24.3 Å². The number of rotatable bonds is 2. The van der Waals surface area contributed by atoms with Crippen molar-refractivity contribution in [2.45, 2.75) is 31.7 Å². The molecule has 0 aliphatic heterocycles. The summed E-state index contributed by atoms with van der Waals surface area (Å²) in [5.41, 5.74) is 1.19. The highest BCUT2D eigenvalue weighted by Gasteiger charge is 2.20. The van der Waals surface area contributed by atoms with Gasteiger partial charge >= 0.3 is 6.03 Å². The Balaban J connectivity index is 1.83. The molecule has 0 bridgehead atoms. The first-order valence-electron chi connectivity index (χ1n) is 6.27.